The zero-order valence-electron chi connectivity index (χ0n) is 9.71. The van der Waals surface area contributed by atoms with E-state index in [2.05, 4.69) is 5.32 Å². The molecule has 0 aromatic carbocycles. The van der Waals surface area contributed by atoms with Crippen molar-refractivity contribution < 1.29 is 14.6 Å². The standard InChI is InChI=1S/C12H21NO3/c14-9-12(4-5-12)8-13-11(15)7-10-3-1-2-6-16-10/h10,14H,1-9H2,(H,13,15). The molecule has 1 unspecified atom stereocenters. The van der Waals surface area contributed by atoms with E-state index in [0.29, 0.717) is 13.0 Å². The maximum absolute atomic E-state index is 11.6. The zero-order chi connectivity index (χ0) is 11.4. The Bertz CT molecular complexity index is 245. The number of aliphatic hydroxyl groups is 1. The van der Waals surface area contributed by atoms with Crippen molar-refractivity contribution >= 4 is 5.91 Å². The number of carbonyl (C=O) groups is 1. The highest BCUT2D eigenvalue weighted by Crippen LogP contribution is 2.44. The third-order valence-electron chi connectivity index (χ3n) is 3.64. The fourth-order valence-corrected chi connectivity index (χ4v) is 2.10. The van der Waals surface area contributed by atoms with Gasteiger partial charge < -0.3 is 15.2 Å². The van der Waals surface area contributed by atoms with Crippen LogP contribution in [0.3, 0.4) is 0 Å². The van der Waals surface area contributed by atoms with Crippen molar-refractivity contribution in [3.63, 3.8) is 0 Å². The predicted octanol–water partition coefficient (Wildman–Crippen LogP) is 0.834. The summed E-state index contributed by atoms with van der Waals surface area (Å²) in [5.41, 5.74) is 0.00306. The first-order valence-corrected chi connectivity index (χ1v) is 6.23. The number of hydrogen-bond donors (Lipinski definition) is 2. The highest BCUT2D eigenvalue weighted by atomic mass is 16.5. The number of aliphatic hydroxyl groups excluding tert-OH is 1. The van der Waals surface area contributed by atoms with Crippen LogP contribution in [0.5, 0.6) is 0 Å². The maximum Gasteiger partial charge on any atom is 0.222 e. The van der Waals surface area contributed by atoms with E-state index in [1.54, 1.807) is 0 Å². The Morgan fingerprint density at radius 3 is 2.81 bits per heavy atom. The number of hydrogen-bond acceptors (Lipinski definition) is 3. The van der Waals surface area contributed by atoms with Crippen molar-refractivity contribution in [1.82, 2.24) is 5.32 Å². The number of nitrogens with one attached hydrogen (secondary N) is 1. The molecule has 1 heterocycles. The van der Waals surface area contributed by atoms with Crippen molar-refractivity contribution in [3.8, 4) is 0 Å². The van der Waals surface area contributed by atoms with Crippen LogP contribution in [0, 0.1) is 5.41 Å². The Morgan fingerprint density at radius 2 is 2.25 bits per heavy atom. The smallest absolute Gasteiger partial charge is 0.222 e. The lowest BCUT2D eigenvalue weighted by atomic mass is 10.1. The van der Waals surface area contributed by atoms with Gasteiger partial charge in [0.25, 0.3) is 0 Å². The van der Waals surface area contributed by atoms with Crippen LogP contribution in [0.15, 0.2) is 0 Å². The molecule has 2 N–H and O–H groups in total. The average Bonchev–Trinajstić information content (AvgIpc) is 3.09. The molecule has 1 saturated carbocycles. The Hall–Kier alpha value is -0.610. The Balaban J connectivity index is 1.64. The van der Waals surface area contributed by atoms with Crippen molar-refractivity contribution in [2.45, 2.75) is 44.6 Å². The summed E-state index contributed by atoms with van der Waals surface area (Å²) in [6.07, 6.45) is 5.93. The van der Waals surface area contributed by atoms with Gasteiger partial charge in [0.05, 0.1) is 19.1 Å². The van der Waals surface area contributed by atoms with E-state index in [4.69, 9.17) is 9.84 Å². The molecule has 1 amide bonds. The molecular weight excluding hydrogens is 206 g/mol. The lowest BCUT2D eigenvalue weighted by Gasteiger charge is -2.22. The third kappa shape index (κ3) is 3.19. The summed E-state index contributed by atoms with van der Waals surface area (Å²) < 4.78 is 5.51. The highest BCUT2D eigenvalue weighted by molar-refractivity contribution is 5.76. The molecule has 1 atom stereocenters. The first-order valence-electron chi connectivity index (χ1n) is 6.23. The van der Waals surface area contributed by atoms with Gasteiger partial charge in [-0.3, -0.25) is 4.79 Å². The van der Waals surface area contributed by atoms with Gasteiger partial charge in [0.15, 0.2) is 0 Å². The highest BCUT2D eigenvalue weighted by Gasteiger charge is 2.42. The van der Waals surface area contributed by atoms with Gasteiger partial charge in [-0.05, 0) is 32.1 Å². The van der Waals surface area contributed by atoms with Crippen LogP contribution in [-0.4, -0.2) is 36.9 Å². The lowest BCUT2D eigenvalue weighted by Crippen LogP contribution is -2.35. The summed E-state index contributed by atoms with van der Waals surface area (Å²) in [4.78, 5) is 11.6. The molecule has 0 aromatic rings. The molecule has 2 fully saturated rings. The fourth-order valence-electron chi connectivity index (χ4n) is 2.10. The van der Waals surface area contributed by atoms with Crippen LogP contribution in [-0.2, 0) is 9.53 Å². The van der Waals surface area contributed by atoms with Crippen molar-refractivity contribution in [2.24, 2.45) is 5.41 Å². The molecule has 0 aromatic heterocycles. The lowest BCUT2D eigenvalue weighted by molar-refractivity contribution is -0.125. The molecule has 2 aliphatic rings. The van der Waals surface area contributed by atoms with Crippen molar-refractivity contribution in [2.75, 3.05) is 19.8 Å². The van der Waals surface area contributed by atoms with Crippen LogP contribution in [0.2, 0.25) is 0 Å². The zero-order valence-corrected chi connectivity index (χ0v) is 9.71. The van der Waals surface area contributed by atoms with E-state index < -0.39 is 0 Å². The van der Waals surface area contributed by atoms with Gasteiger partial charge in [0.2, 0.25) is 5.91 Å². The number of carbonyl (C=O) groups excluding carboxylic acids is 1. The molecule has 0 spiro atoms. The third-order valence-corrected chi connectivity index (χ3v) is 3.64. The molecule has 1 saturated heterocycles. The molecule has 0 radical (unpaired) electrons. The molecule has 92 valence electrons. The van der Waals surface area contributed by atoms with Gasteiger partial charge in [-0.2, -0.15) is 0 Å². The second-order valence-electron chi connectivity index (χ2n) is 5.13. The molecule has 0 bridgehead atoms. The van der Waals surface area contributed by atoms with Crippen molar-refractivity contribution in [1.29, 1.82) is 0 Å². The Kier molecular flexibility index (Phi) is 3.82. The number of amides is 1. The molecule has 1 aliphatic carbocycles. The first-order chi connectivity index (χ1) is 7.74. The topological polar surface area (TPSA) is 58.6 Å². The summed E-state index contributed by atoms with van der Waals surface area (Å²) in [5.74, 6) is 0.0617. The van der Waals surface area contributed by atoms with E-state index in [0.717, 1.165) is 32.3 Å². The Morgan fingerprint density at radius 1 is 1.44 bits per heavy atom. The molecule has 2 rings (SSSR count). The summed E-state index contributed by atoms with van der Waals surface area (Å²) in [7, 11) is 0. The minimum atomic E-state index is 0.00306. The quantitative estimate of drug-likeness (QED) is 0.731. The van der Waals surface area contributed by atoms with E-state index in [1.165, 1.54) is 6.42 Å². The van der Waals surface area contributed by atoms with Crippen LogP contribution in [0.25, 0.3) is 0 Å². The summed E-state index contributed by atoms with van der Waals surface area (Å²) in [6, 6.07) is 0. The first kappa shape index (κ1) is 11.9. The second kappa shape index (κ2) is 5.15. The molecule has 1 aliphatic heterocycles. The van der Waals surface area contributed by atoms with Gasteiger partial charge >= 0.3 is 0 Å². The Labute approximate surface area is 96.4 Å². The van der Waals surface area contributed by atoms with Crippen LogP contribution in [0.1, 0.15) is 38.5 Å². The number of ether oxygens (including phenoxy) is 1. The van der Waals surface area contributed by atoms with Crippen LogP contribution < -0.4 is 5.32 Å². The largest absolute Gasteiger partial charge is 0.396 e. The van der Waals surface area contributed by atoms with Crippen molar-refractivity contribution in [3.05, 3.63) is 0 Å². The molecule has 4 heteroatoms. The minimum absolute atomic E-state index is 0.00306. The summed E-state index contributed by atoms with van der Waals surface area (Å²) >= 11 is 0. The summed E-state index contributed by atoms with van der Waals surface area (Å²) in [6.45, 7) is 1.60. The molecule has 16 heavy (non-hydrogen) atoms. The normalized spacial score (nSPS) is 27.4. The number of rotatable bonds is 5. The van der Waals surface area contributed by atoms with Gasteiger partial charge in [-0.15, -0.1) is 0 Å². The SMILES string of the molecule is O=C(CC1CCCCO1)NCC1(CO)CC1. The van der Waals surface area contributed by atoms with Gasteiger partial charge in [0.1, 0.15) is 0 Å². The molecular formula is C12H21NO3. The molecule has 4 nitrogen and oxygen atoms in total. The van der Waals surface area contributed by atoms with Gasteiger partial charge in [-0.1, -0.05) is 0 Å². The summed E-state index contributed by atoms with van der Waals surface area (Å²) in [5, 5.41) is 12.0. The second-order valence-corrected chi connectivity index (χ2v) is 5.13. The monoisotopic (exact) mass is 227 g/mol. The fraction of sp³-hybridized carbons (Fsp3) is 0.917. The maximum atomic E-state index is 11.6. The van der Waals surface area contributed by atoms with Gasteiger partial charge in [-0.25, -0.2) is 0 Å². The van der Waals surface area contributed by atoms with Gasteiger partial charge in [0, 0.05) is 18.6 Å². The predicted molar refractivity (Wildman–Crippen MR) is 60.0 cm³/mol. The van der Waals surface area contributed by atoms with Crippen LogP contribution >= 0.6 is 0 Å². The minimum Gasteiger partial charge on any atom is -0.396 e. The van der Waals surface area contributed by atoms with E-state index >= 15 is 0 Å². The van der Waals surface area contributed by atoms with Crippen LogP contribution in [0.4, 0.5) is 0 Å². The van der Waals surface area contributed by atoms with E-state index in [9.17, 15) is 4.79 Å². The van der Waals surface area contributed by atoms with E-state index in [1.807, 2.05) is 0 Å². The average molecular weight is 227 g/mol. The van der Waals surface area contributed by atoms with E-state index in [-0.39, 0.29) is 24.0 Å².